The van der Waals surface area contributed by atoms with Gasteiger partial charge in [-0.25, -0.2) is 0 Å². The summed E-state index contributed by atoms with van der Waals surface area (Å²) in [5, 5.41) is 0. The fourth-order valence-corrected chi connectivity index (χ4v) is 9.76. The van der Waals surface area contributed by atoms with Crippen molar-refractivity contribution in [3.05, 3.63) is 0 Å². The highest BCUT2D eigenvalue weighted by Gasteiger charge is 2.19. The van der Waals surface area contributed by atoms with Gasteiger partial charge in [0.15, 0.2) is 6.10 Å². The Hall–Kier alpha value is -1.59. The molecule has 0 radical (unpaired) electrons. The van der Waals surface area contributed by atoms with Gasteiger partial charge in [0.2, 0.25) is 0 Å². The summed E-state index contributed by atoms with van der Waals surface area (Å²) >= 11 is 0. The van der Waals surface area contributed by atoms with Gasteiger partial charge in [-0.15, -0.1) is 0 Å². The van der Waals surface area contributed by atoms with E-state index in [9.17, 15) is 14.4 Å². The number of rotatable bonds is 57. The first kappa shape index (κ1) is 67.4. The smallest absolute Gasteiger partial charge is 0.306 e. The maximum Gasteiger partial charge on any atom is 0.306 e. The van der Waals surface area contributed by atoms with Gasteiger partial charge in [0, 0.05) is 19.3 Å². The lowest BCUT2D eigenvalue weighted by Crippen LogP contribution is -2.30. The summed E-state index contributed by atoms with van der Waals surface area (Å²) in [5.41, 5.74) is 0. The van der Waals surface area contributed by atoms with Crippen LogP contribution in [-0.4, -0.2) is 37.2 Å². The van der Waals surface area contributed by atoms with E-state index in [0.717, 1.165) is 69.6 Å². The van der Waals surface area contributed by atoms with Crippen molar-refractivity contribution in [2.75, 3.05) is 13.2 Å². The van der Waals surface area contributed by atoms with Gasteiger partial charge in [-0.05, 0) is 31.1 Å². The summed E-state index contributed by atoms with van der Waals surface area (Å²) < 4.78 is 16.9. The van der Waals surface area contributed by atoms with Crippen LogP contribution >= 0.6 is 0 Å². The molecule has 0 spiro atoms. The number of hydrogen-bond donors (Lipinski definition) is 0. The van der Waals surface area contributed by atoms with E-state index in [1.807, 2.05) is 0 Å². The first-order valence-electron chi connectivity index (χ1n) is 31.2. The summed E-state index contributed by atoms with van der Waals surface area (Å²) in [4.78, 5) is 38.3. The molecular weight excluding hydrogens is 853 g/mol. The molecule has 410 valence electrons. The average molecular weight is 976 g/mol. The molecule has 0 aliphatic heterocycles. The minimum absolute atomic E-state index is 0.0619. The van der Waals surface area contributed by atoms with Gasteiger partial charge in [-0.2, -0.15) is 0 Å². The van der Waals surface area contributed by atoms with Crippen LogP contribution in [0.1, 0.15) is 356 Å². The first-order valence-corrected chi connectivity index (χ1v) is 31.2. The van der Waals surface area contributed by atoms with Crippen LogP contribution < -0.4 is 0 Å². The molecule has 0 saturated heterocycles. The minimum atomic E-state index is -0.763. The standard InChI is InChI=1S/C63H122O6/c1-6-7-8-9-10-11-12-13-16-25-30-35-40-45-50-55-63(66)69-60(57-68-62(65)54-49-44-39-34-29-24-20-19-22-27-32-37-42-47-52-59(4)5)56-67-61(64)53-48-43-38-33-28-23-18-15-14-17-21-26-31-36-41-46-51-58(2)3/h58-60H,6-57H2,1-5H3/t60-/m0/s1. The van der Waals surface area contributed by atoms with Crippen LogP contribution in [-0.2, 0) is 28.6 Å². The van der Waals surface area contributed by atoms with Crippen LogP contribution in [0.25, 0.3) is 0 Å². The normalized spacial score (nSPS) is 12.0. The summed E-state index contributed by atoms with van der Waals surface area (Å²) in [5.74, 6) is 0.865. The monoisotopic (exact) mass is 975 g/mol. The quantitative estimate of drug-likeness (QED) is 0.0343. The summed E-state index contributed by atoms with van der Waals surface area (Å²) in [6, 6.07) is 0. The van der Waals surface area contributed by atoms with Gasteiger partial charge in [-0.3, -0.25) is 14.4 Å². The Morgan fingerprint density at radius 2 is 0.478 bits per heavy atom. The van der Waals surface area contributed by atoms with Gasteiger partial charge >= 0.3 is 17.9 Å². The Labute approximate surface area is 431 Å². The Kier molecular flexibility index (Phi) is 54.4. The lowest BCUT2D eigenvalue weighted by atomic mass is 10.0. The van der Waals surface area contributed by atoms with Crippen molar-refractivity contribution in [1.29, 1.82) is 0 Å². The second-order valence-electron chi connectivity index (χ2n) is 22.6. The Bertz CT molecular complexity index is 1060. The van der Waals surface area contributed by atoms with Crippen molar-refractivity contribution in [3.8, 4) is 0 Å². The van der Waals surface area contributed by atoms with E-state index in [1.165, 1.54) is 244 Å². The number of carbonyl (C=O) groups is 3. The summed E-state index contributed by atoms with van der Waals surface area (Å²) in [7, 11) is 0. The van der Waals surface area contributed by atoms with Crippen LogP contribution in [0.3, 0.4) is 0 Å². The maximum atomic E-state index is 12.9. The van der Waals surface area contributed by atoms with Crippen molar-refractivity contribution >= 4 is 17.9 Å². The SMILES string of the molecule is CCCCCCCCCCCCCCCCCC(=O)O[C@@H](COC(=O)CCCCCCCCCCCCCCCCCCC(C)C)COC(=O)CCCCCCCCCCCCCCCCC(C)C. The van der Waals surface area contributed by atoms with Crippen LogP contribution in [0.4, 0.5) is 0 Å². The molecule has 69 heavy (non-hydrogen) atoms. The second kappa shape index (κ2) is 55.7. The predicted molar refractivity (Wildman–Crippen MR) is 298 cm³/mol. The third kappa shape index (κ3) is 57.2. The van der Waals surface area contributed by atoms with Gasteiger partial charge in [0.25, 0.3) is 0 Å². The van der Waals surface area contributed by atoms with E-state index in [2.05, 4.69) is 34.6 Å². The zero-order valence-corrected chi connectivity index (χ0v) is 47.5. The van der Waals surface area contributed by atoms with Gasteiger partial charge in [-0.1, -0.05) is 317 Å². The molecule has 0 N–H and O–H groups in total. The second-order valence-corrected chi connectivity index (χ2v) is 22.6. The van der Waals surface area contributed by atoms with Crippen LogP contribution in [0.15, 0.2) is 0 Å². The molecular formula is C63H122O6. The van der Waals surface area contributed by atoms with Crippen LogP contribution in [0.2, 0.25) is 0 Å². The number of esters is 3. The van der Waals surface area contributed by atoms with Crippen molar-refractivity contribution in [2.45, 2.75) is 362 Å². The van der Waals surface area contributed by atoms with E-state index in [0.29, 0.717) is 19.3 Å². The number of carbonyl (C=O) groups excluding carboxylic acids is 3. The summed E-state index contributed by atoms with van der Waals surface area (Å²) in [6.45, 7) is 11.5. The third-order valence-corrected chi connectivity index (χ3v) is 14.5. The lowest BCUT2D eigenvalue weighted by Gasteiger charge is -2.18. The molecule has 0 aliphatic carbocycles. The van der Waals surface area contributed by atoms with Crippen molar-refractivity contribution in [1.82, 2.24) is 0 Å². The zero-order valence-electron chi connectivity index (χ0n) is 47.5. The van der Waals surface area contributed by atoms with Crippen LogP contribution in [0, 0.1) is 11.8 Å². The van der Waals surface area contributed by atoms with Crippen molar-refractivity contribution < 1.29 is 28.6 Å². The minimum Gasteiger partial charge on any atom is -0.462 e. The van der Waals surface area contributed by atoms with E-state index in [-0.39, 0.29) is 31.1 Å². The molecule has 0 heterocycles. The molecule has 0 rings (SSSR count). The molecule has 0 aromatic carbocycles. The highest BCUT2D eigenvalue weighted by Crippen LogP contribution is 2.19. The number of ether oxygens (including phenoxy) is 3. The fourth-order valence-electron chi connectivity index (χ4n) is 9.76. The number of unbranched alkanes of at least 4 members (excludes halogenated alkanes) is 42. The lowest BCUT2D eigenvalue weighted by molar-refractivity contribution is -0.167. The molecule has 0 saturated carbocycles. The predicted octanol–water partition coefficient (Wildman–Crippen LogP) is 20.8. The van der Waals surface area contributed by atoms with Gasteiger partial charge in [0.1, 0.15) is 13.2 Å². The molecule has 0 aromatic heterocycles. The molecule has 0 aromatic rings. The molecule has 0 aliphatic rings. The van der Waals surface area contributed by atoms with Crippen molar-refractivity contribution in [3.63, 3.8) is 0 Å². The van der Waals surface area contributed by atoms with Gasteiger partial charge in [0.05, 0.1) is 0 Å². The Morgan fingerprint density at radius 1 is 0.275 bits per heavy atom. The maximum absolute atomic E-state index is 12.9. The van der Waals surface area contributed by atoms with E-state index in [1.54, 1.807) is 0 Å². The number of hydrogen-bond acceptors (Lipinski definition) is 6. The van der Waals surface area contributed by atoms with Crippen LogP contribution in [0.5, 0.6) is 0 Å². The molecule has 6 nitrogen and oxygen atoms in total. The first-order chi connectivity index (χ1) is 33.7. The third-order valence-electron chi connectivity index (χ3n) is 14.5. The molecule has 0 fully saturated rings. The topological polar surface area (TPSA) is 78.9 Å². The Morgan fingerprint density at radius 3 is 0.710 bits per heavy atom. The molecule has 0 bridgehead atoms. The van der Waals surface area contributed by atoms with Crippen molar-refractivity contribution in [2.24, 2.45) is 11.8 Å². The molecule has 0 amide bonds. The van der Waals surface area contributed by atoms with E-state index >= 15 is 0 Å². The largest absolute Gasteiger partial charge is 0.462 e. The Balaban J connectivity index is 4.28. The molecule has 1 atom stereocenters. The molecule has 0 unspecified atom stereocenters. The van der Waals surface area contributed by atoms with Gasteiger partial charge < -0.3 is 14.2 Å². The fraction of sp³-hybridized carbons (Fsp3) is 0.952. The summed E-state index contributed by atoms with van der Waals surface area (Å²) in [6.07, 6.45) is 61.0. The highest BCUT2D eigenvalue weighted by atomic mass is 16.6. The van der Waals surface area contributed by atoms with E-state index < -0.39 is 6.10 Å². The van der Waals surface area contributed by atoms with E-state index in [4.69, 9.17) is 14.2 Å². The molecule has 6 heteroatoms. The zero-order chi connectivity index (χ0) is 50.4. The average Bonchev–Trinajstić information content (AvgIpc) is 3.32. The highest BCUT2D eigenvalue weighted by molar-refractivity contribution is 5.71.